The van der Waals surface area contributed by atoms with Crippen LogP contribution in [0.4, 0.5) is 0 Å². The Kier molecular flexibility index (Phi) is 5.98. The summed E-state index contributed by atoms with van der Waals surface area (Å²) in [6, 6.07) is 11.7. The predicted octanol–water partition coefficient (Wildman–Crippen LogP) is 5.89. The van der Waals surface area contributed by atoms with Crippen molar-refractivity contribution in [2.75, 3.05) is 0 Å². The van der Waals surface area contributed by atoms with E-state index in [1.165, 1.54) is 42.5 Å². The molecule has 3 rings (SSSR count). The number of aromatic hydroxyl groups is 2. The molecule has 152 valence electrons. The third kappa shape index (κ3) is 3.65. The molecule has 1 unspecified atom stereocenters. The molecule has 0 aliphatic rings. The molecule has 0 spiro atoms. The Morgan fingerprint density at radius 3 is 2.07 bits per heavy atom. The number of halogens is 4. The summed E-state index contributed by atoms with van der Waals surface area (Å²) in [5.74, 6) is -1.02. The van der Waals surface area contributed by atoms with E-state index in [0.29, 0.717) is 0 Å². The van der Waals surface area contributed by atoms with E-state index in [4.69, 9.17) is 46.4 Å². The molecule has 0 aliphatic heterocycles. The summed E-state index contributed by atoms with van der Waals surface area (Å²) in [6.07, 6.45) is 0. The Balaban J connectivity index is 2.65. The first-order valence-electron chi connectivity index (χ1n) is 7.89. The minimum Gasteiger partial charge on any atom is -0.508 e. The minimum atomic E-state index is -5.13. The maximum absolute atomic E-state index is 13.0. The van der Waals surface area contributed by atoms with Crippen LogP contribution in [0.3, 0.4) is 0 Å². The first-order valence-corrected chi connectivity index (χ1v) is 10.8. The van der Waals surface area contributed by atoms with Crippen LogP contribution in [0.15, 0.2) is 54.6 Å². The molecule has 29 heavy (non-hydrogen) atoms. The van der Waals surface area contributed by atoms with Crippen molar-refractivity contribution < 1.29 is 23.2 Å². The number of para-hydroxylation sites is 1. The monoisotopic (exact) mass is 492 g/mol. The van der Waals surface area contributed by atoms with Gasteiger partial charge in [-0.3, -0.25) is 4.55 Å². The highest BCUT2D eigenvalue weighted by molar-refractivity contribution is 7.87. The van der Waals surface area contributed by atoms with Crippen molar-refractivity contribution in [3.8, 4) is 11.5 Å². The van der Waals surface area contributed by atoms with Gasteiger partial charge in [0, 0.05) is 22.2 Å². The largest absolute Gasteiger partial charge is 0.508 e. The molecule has 10 heteroatoms. The molecule has 0 radical (unpaired) electrons. The smallest absolute Gasteiger partial charge is 0.283 e. The Morgan fingerprint density at radius 1 is 0.793 bits per heavy atom. The van der Waals surface area contributed by atoms with Gasteiger partial charge >= 0.3 is 0 Å². The summed E-state index contributed by atoms with van der Waals surface area (Å²) >= 11 is 24.5. The Bertz CT molecular complexity index is 1210. The lowest BCUT2D eigenvalue weighted by Crippen LogP contribution is -2.38. The maximum Gasteiger partial charge on any atom is 0.283 e. The zero-order valence-electron chi connectivity index (χ0n) is 14.3. The lowest BCUT2D eigenvalue weighted by atomic mass is 9.83. The summed E-state index contributed by atoms with van der Waals surface area (Å²) in [6.45, 7) is 0. The van der Waals surface area contributed by atoms with E-state index in [1.807, 2.05) is 0 Å². The molecule has 0 fully saturated rings. The zero-order chi connectivity index (χ0) is 21.6. The van der Waals surface area contributed by atoms with Gasteiger partial charge in [0.05, 0.1) is 15.1 Å². The van der Waals surface area contributed by atoms with Crippen molar-refractivity contribution in [3.63, 3.8) is 0 Å². The van der Waals surface area contributed by atoms with E-state index in [0.717, 1.165) is 12.1 Å². The summed E-state index contributed by atoms with van der Waals surface area (Å²) in [7, 11) is -5.13. The number of phenols is 2. The quantitative estimate of drug-likeness (QED) is 0.311. The van der Waals surface area contributed by atoms with Crippen molar-refractivity contribution in [1.82, 2.24) is 0 Å². The molecule has 0 saturated heterocycles. The third-order valence-electron chi connectivity index (χ3n) is 4.38. The fourth-order valence-electron chi connectivity index (χ4n) is 3.22. The molecule has 0 aliphatic carbocycles. The van der Waals surface area contributed by atoms with Crippen LogP contribution in [-0.4, -0.2) is 23.2 Å². The third-order valence-corrected chi connectivity index (χ3v) is 7.17. The van der Waals surface area contributed by atoms with Gasteiger partial charge in [0.2, 0.25) is 0 Å². The molecule has 0 saturated carbocycles. The topological polar surface area (TPSA) is 94.8 Å². The molecule has 0 heterocycles. The van der Waals surface area contributed by atoms with Crippen molar-refractivity contribution in [1.29, 1.82) is 0 Å². The van der Waals surface area contributed by atoms with Crippen LogP contribution in [0.1, 0.15) is 16.7 Å². The first kappa shape index (κ1) is 22.0. The first-order chi connectivity index (χ1) is 13.5. The van der Waals surface area contributed by atoms with Crippen LogP contribution in [-0.2, 0) is 14.9 Å². The number of benzene rings is 3. The van der Waals surface area contributed by atoms with Crippen LogP contribution in [0.5, 0.6) is 11.5 Å². The van der Waals surface area contributed by atoms with E-state index in [1.54, 1.807) is 0 Å². The molecule has 0 amide bonds. The van der Waals surface area contributed by atoms with E-state index in [2.05, 4.69) is 0 Å². The Morgan fingerprint density at radius 2 is 1.45 bits per heavy atom. The highest BCUT2D eigenvalue weighted by Crippen LogP contribution is 2.52. The normalized spacial score (nSPS) is 13.8. The average Bonchev–Trinajstić information content (AvgIpc) is 2.62. The van der Waals surface area contributed by atoms with Gasteiger partial charge in [-0.1, -0.05) is 70.7 Å². The highest BCUT2D eigenvalue weighted by atomic mass is 35.5. The van der Waals surface area contributed by atoms with Gasteiger partial charge in [0.25, 0.3) is 10.1 Å². The number of hydrogen-bond acceptors (Lipinski definition) is 4. The fourth-order valence-corrected chi connectivity index (χ4v) is 5.41. The zero-order valence-corrected chi connectivity index (χ0v) is 18.1. The second-order valence-electron chi connectivity index (χ2n) is 6.09. The van der Waals surface area contributed by atoms with Crippen molar-refractivity contribution >= 4 is 56.5 Å². The van der Waals surface area contributed by atoms with Crippen molar-refractivity contribution in [3.05, 3.63) is 91.4 Å². The van der Waals surface area contributed by atoms with Gasteiger partial charge in [0.15, 0.2) is 4.75 Å². The number of hydrogen-bond donors (Lipinski definition) is 3. The Labute approximate surface area is 186 Å². The van der Waals surface area contributed by atoms with Gasteiger partial charge in [-0.05, 0) is 29.8 Å². The van der Waals surface area contributed by atoms with Gasteiger partial charge in [0.1, 0.15) is 11.5 Å². The minimum absolute atomic E-state index is 0.0615. The predicted molar refractivity (Wildman–Crippen MR) is 114 cm³/mol. The van der Waals surface area contributed by atoms with Crippen LogP contribution < -0.4 is 0 Å². The molecule has 3 aromatic rings. The van der Waals surface area contributed by atoms with Crippen LogP contribution >= 0.6 is 46.4 Å². The molecule has 0 aromatic heterocycles. The summed E-state index contributed by atoms with van der Waals surface area (Å²) < 4.78 is 33.9. The molecule has 3 aromatic carbocycles. The fraction of sp³-hybridized carbons (Fsp3) is 0.0526. The van der Waals surface area contributed by atoms with Crippen LogP contribution in [0, 0.1) is 0 Å². The lowest BCUT2D eigenvalue weighted by Gasteiger charge is -2.34. The standard InChI is InChI=1S/C19H12Cl4O5S/c20-11-4-1-3-10(7-11)19(29(26,27)28,13-5-2-6-15(21)18(13)25)14-8-12(24)9-16(22)17(14)23/h1-9,24-25H,(H,26,27,28). The van der Waals surface area contributed by atoms with Gasteiger partial charge < -0.3 is 10.2 Å². The van der Waals surface area contributed by atoms with E-state index in [-0.39, 0.29) is 36.8 Å². The average molecular weight is 494 g/mol. The van der Waals surface area contributed by atoms with Crippen molar-refractivity contribution in [2.45, 2.75) is 4.75 Å². The van der Waals surface area contributed by atoms with E-state index >= 15 is 0 Å². The second kappa shape index (κ2) is 7.87. The van der Waals surface area contributed by atoms with Gasteiger partial charge in [-0.2, -0.15) is 8.42 Å². The van der Waals surface area contributed by atoms with Gasteiger partial charge in [-0.15, -0.1) is 0 Å². The lowest BCUT2D eigenvalue weighted by molar-refractivity contribution is 0.439. The van der Waals surface area contributed by atoms with Crippen LogP contribution in [0.25, 0.3) is 0 Å². The van der Waals surface area contributed by atoms with E-state index < -0.39 is 26.4 Å². The van der Waals surface area contributed by atoms with E-state index in [9.17, 15) is 23.2 Å². The molecule has 5 nitrogen and oxygen atoms in total. The van der Waals surface area contributed by atoms with Gasteiger partial charge in [-0.25, -0.2) is 0 Å². The molecule has 0 bridgehead atoms. The molecule has 3 N–H and O–H groups in total. The Hall–Kier alpha value is -1.67. The molecular weight excluding hydrogens is 482 g/mol. The summed E-state index contributed by atoms with van der Waals surface area (Å²) in [4.78, 5) is 0. The SMILES string of the molecule is O=S(=O)(O)C(c1cccc(Cl)c1)(c1cccc(Cl)c1O)c1cc(O)cc(Cl)c1Cl. The van der Waals surface area contributed by atoms with Crippen molar-refractivity contribution in [2.24, 2.45) is 0 Å². The van der Waals surface area contributed by atoms with Crippen LogP contribution in [0.2, 0.25) is 20.1 Å². The number of phenolic OH excluding ortho intramolecular Hbond substituents is 2. The second-order valence-corrected chi connectivity index (χ2v) is 9.28. The summed E-state index contributed by atoms with van der Waals surface area (Å²) in [5, 5.41) is 20.3. The maximum atomic E-state index is 13.0. The summed E-state index contributed by atoms with van der Waals surface area (Å²) in [5.41, 5.74) is -0.668. The molecule has 1 atom stereocenters. The molecular formula is C19H12Cl4O5S. The number of rotatable bonds is 4. The highest BCUT2D eigenvalue weighted by Gasteiger charge is 2.52.